The molecule has 0 aromatic carbocycles. The van der Waals surface area contributed by atoms with Crippen LogP contribution in [-0.4, -0.2) is 33.4 Å². The van der Waals surface area contributed by atoms with Gasteiger partial charge in [-0.2, -0.15) is 5.10 Å². The number of nitrogens with one attached hydrogen (secondary N) is 1. The molecule has 2 rings (SSSR count). The molecule has 2 aromatic heterocycles. The summed E-state index contributed by atoms with van der Waals surface area (Å²) in [5.74, 6) is 0. The van der Waals surface area contributed by atoms with Crippen LogP contribution in [0.3, 0.4) is 0 Å². The summed E-state index contributed by atoms with van der Waals surface area (Å²) in [5.41, 5.74) is 1.88. The molecule has 0 unspecified atom stereocenters. The van der Waals surface area contributed by atoms with Gasteiger partial charge in [0.1, 0.15) is 4.60 Å². The first-order valence-corrected chi connectivity index (χ1v) is 5.43. The van der Waals surface area contributed by atoms with Gasteiger partial charge >= 0.3 is 0 Å². The molecular weight excluding hydrogens is 288 g/mol. The van der Waals surface area contributed by atoms with Crippen LogP contribution in [0.2, 0.25) is 0 Å². The minimum absolute atomic E-state index is 0.250. The van der Waals surface area contributed by atoms with Gasteiger partial charge in [0.25, 0.3) is 6.47 Å². The normalized spacial score (nSPS) is 9.06. The Balaban J connectivity index is 0.000000437. The number of pyridine rings is 1. The third-order valence-corrected chi connectivity index (χ3v) is 2.63. The Morgan fingerprint density at radius 1 is 1.53 bits per heavy atom. The molecule has 2 aromatic rings. The van der Waals surface area contributed by atoms with Gasteiger partial charge in [-0.05, 0) is 28.1 Å². The minimum Gasteiger partial charge on any atom is -0.483 e. The molecule has 6 nitrogen and oxygen atoms in total. The third-order valence-electron chi connectivity index (χ3n) is 1.87. The average molecular weight is 299 g/mol. The maximum Gasteiger partial charge on any atom is 0.290 e. The van der Waals surface area contributed by atoms with E-state index < -0.39 is 0 Å². The van der Waals surface area contributed by atoms with Gasteiger partial charge in [0.2, 0.25) is 0 Å². The zero-order chi connectivity index (χ0) is 12.7. The number of hydrogen-bond donors (Lipinski definition) is 2. The van der Waals surface area contributed by atoms with Crippen LogP contribution in [0.4, 0.5) is 5.69 Å². The standard InChI is InChI=1S/C9H9BrN4.CH2O2/c1-11-8-6-13-14(9(8)10)7-3-2-4-12-5-7;2-1-3/h2-6,11H,1H3;1H,(H,2,3). The molecule has 7 heteroatoms. The van der Waals surface area contributed by atoms with Gasteiger partial charge in [0.15, 0.2) is 0 Å². The topological polar surface area (TPSA) is 80.0 Å². The Morgan fingerprint density at radius 3 is 2.71 bits per heavy atom. The predicted molar refractivity (Wildman–Crippen MR) is 67.3 cm³/mol. The molecule has 0 atom stereocenters. The minimum atomic E-state index is -0.250. The van der Waals surface area contributed by atoms with Crippen molar-refractivity contribution in [1.29, 1.82) is 0 Å². The Bertz CT molecular complexity index is 472. The lowest BCUT2D eigenvalue weighted by molar-refractivity contribution is -0.122. The summed E-state index contributed by atoms with van der Waals surface area (Å²) in [6.45, 7) is -0.250. The molecule has 2 heterocycles. The van der Waals surface area contributed by atoms with E-state index in [0.717, 1.165) is 16.0 Å². The molecule has 90 valence electrons. The van der Waals surface area contributed by atoms with Gasteiger partial charge in [0, 0.05) is 13.2 Å². The van der Waals surface area contributed by atoms with Crippen molar-refractivity contribution in [2.75, 3.05) is 12.4 Å². The van der Waals surface area contributed by atoms with Crippen molar-refractivity contribution in [3.8, 4) is 5.69 Å². The van der Waals surface area contributed by atoms with E-state index in [2.05, 4.69) is 31.3 Å². The number of carboxylic acid groups (broad SMARTS) is 1. The van der Waals surface area contributed by atoms with Crippen LogP contribution in [-0.2, 0) is 4.79 Å². The highest BCUT2D eigenvalue weighted by molar-refractivity contribution is 9.10. The molecule has 0 radical (unpaired) electrons. The number of carbonyl (C=O) groups is 1. The number of anilines is 1. The number of halogens is 1. The van der Waals surface area contributed by atoms with Crippen LogP contribution < -0.4 is 5.32 Å². The first-order valence-electron chi connectivity index (χ1n) is 4.64. The van der Waals surface area contributed by atoms with Crippen LogP contribution in [0.1, 0.15) is 0 Å². The quantitative estimate of drug-likeness (QED) is 0.826. The van der Waals surface area contributed by atoms with E-state index in [0.29, 0.717) is 0 Å². The first kappa shape index (κ1) is 13.2. The van der Waals surface area contributed by atoms with Gasteiger partial charge < -0.3 is 10.4 Å². The third kappa shape index (κ3) is 3.28. The highest BCUT2D eigenvalue weighted by Gasteiger charge is 2.07. The van der Waals surface area contributed by atoms with Gasteiger partial charge in [-0.1, -0.05) is 0 Å². The SMILES string of the molecule is CNc1cnn(-c2cccnc2)c1Br.O=CO. The molecule has 0 aliphatic rings. The van der Waals surface area contributed by atoms with Gasteiger partial charge in [-0.25, -0.2) is 4.68 Å². The summed E-state index contributed by atoms with van der Waals surface area (Å²) in [4.78, 5) is 12.4. The number of nitrogens with zero attached hydrogens (tertiary/aromatic N) is 3. The Kier molecular flexibility index (Phi) is 5.15. The summed E-state index contributed by atoms with van der Waals surface area (Å²) < 4.78 is 2.67. The van der Waals surface area contributed by atoms with Crippen molar-refractivity contribution in [3.05, 3.63) is 35.3 Å². The first-order chi connectivity index (χ1) is 8.24. The summed E-state index contributed by atoms with van der Waals surface area (Å²) in [5, 5.41) is 14.1. The summed E-state index contributed by atoms with van der Waals surface area (Å²) in [7, 11) is 1.86. The number of rotatable bonds is 2. The summed E-state index contributed by atoms with van der Waals surface area (Å²) in [6.07, 6.45) is 5.26. The van der Waals surface area contributed by atoms with E-state index in [1.807, 2.05) is 19.2 Å². The van der Waals surface area contributed by atoms with Crippen molar-refractivity contribution in [2.24, 2.45) is 0 Å². The maximum absolute atomic E-state index is 8.36. The fourth-order valence-electron chi connectivity index (χ4n) is 1.16. The Morgan fingerprint density at radius 2 is 2.24 bits per heavy atom. The lowest BCUT2D eigenvalue weighted by Gasteiger charge is -2.02. The smallest absolute Gasteiger partial charge is 0.290 e. The molecule has 0 aliphatic carbocycles. The molecule has 0 saturated heterocycles. The second kappa shape index (κ2) is 6.64. The average Bonchev–Trinajstić information content (AvgIpc) is 2.72. The van der Waals surface area contributed by atoms with E-state index in [1.165, 1.54) is 0 Å². The lowest BCUT2D eigenvalue weighted by atomic mass is 10.4. The number of hydrogen-bond acceptors (Lipinski definition) is 4. The fourth-order valence-corrected chi connectivity index (χ4v) is 1.76. The molecule has 17 heavy (non-hydrogen) atoms. The van der Waals surface area contributed by atoms with Crippen LogP contribution in [0.15, 0.2) is 35.3 Å². The van der Waals surface area contributed by atoms with Crippen molar-refractivity contribution in [2.45, 2.75) is 0 Å². The van der Waals surface area contributed by atoms with Crippen LogP contribution >= 0.6 is 15.9 Å². The number of aromatic nitrogens is 3. The molecule has 0 spiro atoms. The molecule has 0 fully saturated rings. The van der Waals surface area contributed by atoms with Gasteiger partial charge in [0.05, 0.1) is 23.8 Å². The molecular formula is C10H11BrN4O2. The second-order valence-corrected chi connectivity index (χ2v) is 3.58. The summed E-state index contributed by atoms with van der Waals surface area (Å²) in [6, 6.07) is 3.83. The lowest BCUT2D eigenvalue weighted by Crippen LogP contribution is -1.97. The molecule has 0 amide bonds. The van der Waals surface area contributed by atoms with Crippen molar-refractivity contribution in [1.82, 2.24) is 14.8 Å². The monoisotopic (exact) mass is 298 g/mol. The Labute approximate surface area is 106 Å². The van der Waals surface area contributed by atoms with E-state index >= 15 is 0 Å². The molecule has 0 saturated carbocycles. The van der Waals surface area contributed by atoms with Crippen LogP contribution in [0, 0.1) is 0 Å². The van der Waals surface area contributed by atoms with Crippen molar-refractivity contribution in [3.63, 3.8) is 0 Å². The van der Waals surface area contributed by atoms with Crippen molar-refractivity contribution < 1.29 is 9.90 Å². The van der Waals surface area contributed by atoms with Gasteiger partial charge in [-0.15, -0.1) is 0 Å². The van der Waals surface area contributed by atoms with Crippen LogP contribution in [0.25, 0.3) is 5.69 Å². The van der Waals surface area contributed by atoms with E-state index in [-0.39, 0.29) is 6.47 Å². The van der Waals surface area contributed by atoms with Crippen LogP contribution in [0.5, 0.6) is 0 Å². The van der Waals surface area contributed by atoms with Gasteiger partial charge in [-0.3, -0.25) is 9.78 Å². The highest BCUT2D eigenvalue weighted by Crippen LogP contribution is 2.23. The van der Waals surface area contributed by atoms with E-state index in [1.54, 1.807) is 23.3 Å². The zero-order valence-electron chi connectivity index (χ0n) is 9.04. The summed E-state index contributed by atoms with van der Waals surface area (Å²) >= 11 is 3.46. The largest absolute Gasteiger partial charge is 0.483 e. The fraction of sp³-hybridized carbons (Fsp3) is 0.100. The highest BCUT2D eigenvalue weighted by atomic mass is 79.9. The van der Waals surface area contributed by atoms with E-state index in [9.17, 15) is 0 Å². The maximum atomic E-state index is 8.36. The molecule has 2 N–H and O–H groups in total. The van der Waals surface area contributed by atoms with E-state index in [4.69, 9.17) is 9.90 Å². The molecule has 0 bridgehead atoms. The zero-order valence-corrected chi connectivity index (χ0v) is 10.6. The predicted octanol–water partition coefficient (Wildman–Crippen LogP) is 1.77. The van der Waals surface area contributed by atoms with Crippen molar-refractivity contribution >= 4 is 28.1 Å². The molecule has 0 aliphatic heterocycles. The second-order valence-electron chi connectivity index (χ2n) is 2.83. The Hall–Kier alpha value is -1.89.